The Balaban J connectivity index is 2.27. The average molecular weight is 255 g/mol. The molecule has 1 aliphatic heterocycles. The van der Waals surface area contributed by atoms with Crippen molar-refractivity contribution in [3.05, 3.63) is 24.3 Å². The molecule has 0 atom stereocenters. The van der Waals surface area contributed by atoms with Gasteiger partial charge in [-0.15, -0.1) is 0 Å². The van der Waals surface area contributed by atoms with Crippen LogP contribution in [0.25, 0.3) is 0 Å². The molecule has 1 fully saturated rings. The van der Waals surface area contributed by atoms with Gasteiger partial charge in [0.1, 0.15) is 0 Å². The molecule has 1 aromatic carbocycles. The number of nitrogen functional groups attached to an aromatic ring is 1. The smallest absolute Gasteiger partial charge is 0.303 e. The third-order valence-corrected chi connectivity index (χ3v) is 4.89. The molecule has 0 aromatic heterocycles. The molecule has 17 heavy (non-hydrogen) atoms. The summed E-state index contributed by atoms with van der Waals surface area (Å²) in [6.07, 6.45) is 1.87. The lowest BCUT2D eigenvalue weighted by molar-refractivity contribution is 0.476. The zero-order chi connectivity index (χ0) is 12.5. The monoisotopic (exact) mass is 255 g/mol. The lowest BCUT2D eigenvalue weighted by Crippen LogP contribution is -2.40. The largest absolute Gasteiger partial charge is 0.399 e. The van der Waals surface area contributed by atoms with E-state index in [-0.39, 0.29) is 0 Å². The topological polar surface area (TPSA) is 66.6 Å². The summed E-state index contributed by atoms with van der Waals surface area (Å²) in [5.41, 5.74) is 6.81. The van der Waals surface area contributed by atoms with Gasteiger partial charge in [-0.2, -0.15) is 12.7 Å². The van der Waals surface area contributed by atoms with Crippen LogP contribution >= 0.6 is 0 Å². The summed E-state index contributed by atoms with van der Waals surface area (Å²) in [5, 5.41) is 0. The zero-order valence-electron chi connectivity index (χ0n) is 9.83. The maximum absolute atomic E-state index is 12.3. The Morgan fingerprint density at radius 2 is 1.94 bits per heavy atom. The van der Waals surface area contributed by atoms with Crippen LogP contribution in [0.15, 0.2) is 24.3 Å². The first-order valence-corrected chi connectivity index (χ1v) is 7.01. The van der Waals surface area contributed by atoms with Crippen molar-refractivity contribution in [2.75, 3.05) is 30.2 Å². The summed E-state index contributed by atoms with van der Waals surface area (Å²) in [7, 11) is -1.84. The molecule has 2 rings (SSSR count). The maximum Gasteiger partial charge on any atom is 0.303 e. The molecule has 0 aliphatic carbocycles. The van der Waals surface area contributed by atoms with Crippen molar-refractivity contribution in [3.63, 3.8) is 0 Å². The van der Waals surface area contributed by atoms with E-state index in [1.807, 2.05) is 0 Å². The predicted octanol–water partition coefficient (Wildman–Crippen LogP) is 1.05. The number of nitrogens with two attached hydrogens (primary N) is 1. The van der Waals surface area contributed by atoms with Gasteiger partial charge in [0.25, 0.3) is 0 Å². The highest BCUT2D eigenvalue weighted by Gasteiger charge is 2.29. The van der Waals surface area contributed by atoms with E-state index in [0.717, 1.165) is 12.8 Å². The van der Waals surface area contributed by atoms with E-state index in [9.17, 15) is 8.42 Å². The lowest BCUT2D eigenvalue weighted by Gasteiger charge is -2.25. The second kappa shape index (κ2) is 4.54. The van der Waals surface area contributed by atoms with Gasteiger partial charge in [-0.25, -0.2) is 0 Å². The normalized spacial score (nSPS) is 17.2. The van der Waals surface area contributed by atoms with Crippen molar-refractivity contribution < 1.29 is 8.42 Å². The number of benzene rings is 1. The van der Waals surface area contributed by atoms with Gasteiger partial charge in [0.05, 0.1) is 5.69 Å². The minimum atomic E-state index is -3.40. The number of hydrogen-bond acceptors (Lipinski definition) is 3. The van der Waals surface area contributed by atoms with Crippen LogP contribution < -0.4 is 10.0 Å². The molecular formula is C11H17N3O2S. The Morgan fingerprint density at radius 3 is 2.53 bits per heavy atom. The fourth-order valence-corrected chi connectivity index (χ4v) is 3.39. The van der Waals surface area contributed by atoms with Crippen molar-refractivity contribution in [3.8, 4) is 0 Å². The summed E-state index contributed by atoms with van der Waals surface area (Å²) < 4.78 is 27.3. The first kappa shape index (κ1) is 12.2. The first-order chi connectivity index (χ1) is 8.01. The van der Waals surface area contributed by atoms with Crippen LogP contribution in [0.3, 0.4) is 0 Å². The minimum Gasteiger partial charge on any atom is -0.399 e. The van der Waals surface area contributed by atoms with Crippen LogP contribution in [-0.2, 0) is 10.2 Å². The van der Waals surface area contributed by atoms with E-state index in [2.05, 4.69) is 0 Å². The molecule has 6 heteroatoms. The quantitative estimate of drug-likeness (QED) is 0.821. The Bertz CT molecular complexity index is 495. The van der Waals surface area contributed by atoms with Gasteiger partial charge in [-0.1, -0.05) is 6.07 Å². The van der Waals surface area contributed by atoms with E-state index in [1.165, 1.54) is 8.61 Å². The fourth-order valence-electron chi connectivity index (χ4n) is 1.95. The van der Waals surface area contributed by atoms with Gasteiger partial charge >= 0.3 is 10.2 Å². The van der Waals surface area contributed by atoms with Crippen LogP contribution in [0.4, 0.5) is 11.4 Å². The van der Waals surface area contributed by atoms with Gasteiger partial charge in [0.2, 0.25) is 0 Å². The van der Waals surface area contributed by atoms with E-state index >= 15 is 0 Å². The summed E-state index contributed by atoms with van der Waals surface area (Å²) in [4.78, 5) is 0. The molecule has 94 valence electrons. The Morgan fingerprint density at radius 1 is 1.29 bits per heavy atom. The Hall–Kier alpha value is -1.27. The highest BCUT2D eigenvalue weighted by atomic mass is 32.2. The Labute approximate surface area is 102 Å². The first-order valence-electron chi connectivity index (χ1n) is 5.61. The fraction of sp³-hybridized carbons (Fsp3) is 0.455. The number of hydrogen-bond donors (Lipinski definition) is 1. The molecule has 5 nitrogen and oxygen atoms in total. The van der Waals surface area contributed by atoms with E-state index < -0.39 is 10.2 Å². The van der Waals surface area contributed by atoms with Crippen molar-refractivity contribution in [1.29, 1.82) is 0 Å². The molecule has 1 aromatic rings. The average Bonchev–Trinajstić information content (AvgIpc) is 2.82. The summed E-state index contributed by atoms with van der Waals surface area (Å²) in [6, 6.07) is 6.89. The molecule has 2 N–H and O–H groups in total. The van der Waals surface area contributed by atoms with Crippen molar-refractivity contribution in [1.82, 2.24) is 4.31 Å². The number of rotatable bonds is 3. The third-order valence-electron chi connectivity index (χ3n) is 2.97. The van der Waals surface area contributed by atoms with Crippen molar-refractivity contribution in [2.45, 2.75) is 12.8 Å². The lowest BCUT2D eigenvalue weighted by atomic mass is 10.3. The highest BCUT2D eigenvalue weighted by Crippen LogP contribution is 2.23. The van der Waals surface area contributed by atoms with Crippen molar-refractivity contribution >= 4 is 21.6 Å². The number of nitrogens with zero attached hydrogens (tertiary/aromatic N) is 2. The molecule has 0 amide bonds. The molecule has 0 saturated carbocycles. The van der Waals surface area contributed by atoms with Crippen molar-refractivity contribution in [2.24, 2.45) is 0 Å². The van der Waals surface area contributed by atoms with Crippen LogP contribution in [0.5, 0.6) is 0 Å². The maximum atomic E-state index is 12.3. The summed E-state index contributed by atoms with van der Waals surface area (Å²) >= 11 is 0. The zero-order valence-corrected chi connectivity index (χ0v) is 10.7. The van der Waals surface area contributed by atoms with Gasteiger partial charge in [-0.05, 0) is 31.0 Å². The SMILES string of the molecule is CN(c1cccc(N)c1)S(=O)(=O)N1CCCC1. The second-order valence-corrected chi connectivity index (χ2v) is 6.14. The molecule has 1 heterocycles. The third kappa shape index (κ3) is 2.37. The molecule has 1 saturated heterocycles. The van der Waals surface area contributed by atoms with Gasteiger partial charge in [-0.3, -0.25) is 4.31 Å². The van der Waals surface area contributed by atoms with Crippen LogP contribution in [-0.4, -0.2) is 32.9 Å². The molecule has 0 unspecified atom stereocenters. The predicted molar refractivity (Wildman–Crippen MR) is 69.0 cm³/mol. The molecular weight excluding hydrogens is 238 g/mol. The van der Waals surface area contributed by atoms with Crippen LogP contribution in [0.1, 0.15) is 12.8 Å². The van der Waals surface area contributed by atoms with E-state index in [1.54, 1.807) is 31.3 Å². The van der Waals surface area contributed by atoms with Gasteiger partial charge < -0.3 is 5.73 Å². The molecule has 1 aliphatic rings. The van der Waals surface area contributed by atoms with E-state index in [0.29, 0.717) is 24.5 Å². The minimum absolute atomic E-state index is 0.561. The summed E-state index contributed by atoms with van der Waals surface area (Å²) in [6.45, 7) is 1.21. The number of anilines is 2. The molecule has 0 bridgehead atoms. The standard InChI is InChI=1S/C11H17N3O2S/c1-13(11-6-4-5-10(12)9-11)17(15,16)14-7-2-3-8-14/h4-6,9H,2-3,7-8,12H2,1H3. The van der Waals surface area contributed by atoms with Gasteiger partial charge in [0, 0.05) is 25.8 Å². The second-order valence-electron chi connectivity index (χ2n) is 4.18. The van der Waals surface area contributed by atoms with Crippen LogP contribution in [0, 0.1) is 0 Å². The molecule has 0 radical (unpaired) electrons. The van der Waals surface area contributed by atoms with E-state index in [4.69, 9.17) is 5.73 Å². The Kier molecular flexibility index (Phi) is 3.26. The summed E-state index contributed by atoms with van der Waals surface area (Å²) in [5.74, 6) is 0. The van der Waals surface area contributed by atoms with Crippen LogP contribution in [0.2, 0.25) is 0 Å². The van der Waals surface area contributed by atoms with Gasteiger partial charge in [0.15, 0.2) is 0 Å². The highest BCUT2D eigenvalue weighted by molar-refractivity contribution is 7.90. The molecule has 0 spiro atoms.